The third-order valence-electron chi connectivity index (χ3n) is 5.73. The molecule has 1 aliphatic rings. The molecule has 0 radical (unpaired) electrons. The predicted molar refractivity (Wildman–Crippen MR) is 137 cm³/mol. The van der Waals surface area contributed by atoms with Crippen LogP contribution < -0.4 is 20.5 Å². The van der Waals surface area contributed by atoms with Crippen molar-refractivity contribution < 1.29 is 33.4 Å². The van der Waals surface area contributed by atoms with Gasteiger partial charge in [-0.2, -0.15) is 0 Å². The van der Waals surface area contributed by atoms with Crippen LogP contribution in [-0.4, -0.2) is 48.7 Å². The zero-order valence-corrected chi connectivity index (χ0v) is 20.5. The van der Waals surface area contributed by atoms with Gasteiger partial charge in [-0.25, -0.2) is 15.1 Å². The lowest BCUT2D eigenvalue weighted by Crippen LogP contribution is -2.48. The van der Waals surface area contributed by atoms with Gasteiger partial charge in [0.25, 0.3) is 11.8 Å². The maximum atomic E-state index is 12.8. The average Bonchev–Trinajstić information content (AvgIpc) is 3.23. The van der Waals surface area contributed by atoms with Gasteiger partial charge in [0.15, 0.2) is 12.4 Å². The van der Waals surface area contributed by atoms with Gasteiger partial charge in [0, 0.05) is 11.1 Å². The Morgan fingerprint density at radius 3 is 2.18 bits per heavy atom. The second-order valence-electron chi connectivity index (χ2n) is 8.29. The van der Waals surface area contributed by atoms with Gasteiger partial charge in [-0.15, -0.1) is 0 Å². The van der Waals surface area contributed by atoms with Gasteiger partial charge in [-0.05, 0) is 67.6 Å². The first kappa shape index (κ1) is 26.2. The number of nitrogens with one attached hydrogen (secondary N) is 2. The third kappa shape index (κ3) is 6.11. The van der Waals surface area contributed by atoms with Crippen molar-refractivity contribution in [3.05, 3.63) is 95.6 Å². The Balaban J connectivity index is 1.31. The lowest BCUT2D eigenvalue weighted by Gasteiger charge is -2.16. The Kier molecular flexibility index (Phi) is 8.24. The van der Waals surface area contributed by atoms with Crippen molar-refractivity contribution in [3.63, 3.8) is 0 Å². The summed E-state index contributed by atoms with van der Waals surface area (Å²) in [5.74, 6) is -1.90. The molecule has 2 N–H and O–H groups in total. The van der Waals surface area contributed by atoms with Crippen LogP contribution in [0, 0.1) is 0 Å². The average molecular weight is 516 g/mol. The van der Waals surface area contributed by atoms with E-state index in [0.29, 0.717) is 23.5 Å². The van der Waals surface area contributed by atoms with E-state index in [1.54, 1.807) is 54.6 Å². The van der Waals surface area contributed by atoms with Gasteiger partial charge in [-0.1, -0.05) is 18.2 Å². The zero-order valence-electron chi connectivity index (χ0n) is 20.5. The molecule has 3 aromatic carbocycles. The molecule has 1 fully saturated rings. The number of ketones is 1. The molecular formula is C28H25N3O7. The number of amides is 3. The van der Waals surface area contributed by atoms with Crippen LogP contribution in [0.25, 0.3) is 0 Å². The number of Topliss-reactive ketones (excluding diaryl/α,β-unsaturated/α-hetero) is 1. The minimum atomic E-state index is -0.937. The topological polar surface area (TPSA) is 131 Å². The van der Waals surface area contributed by atoms with Crippen molar-refractivity contribution in [3.8, 4) is 5.75 Å². The second-order valence-corrected chi connectivity index (χ2v) is 8.29. The molecule has 1 heterocycles. The number of anilines is 1. The predicted octanol–water partition coefficient (Wildman–Crippen LogP) is 2.69. The molecule has 3 amide bonds. The maximum absolute atomic E-state index is 12.8. The molecule has 1 aliphatic heterocycles. The molecule has 4 rings (SSSR count). The summed E-state index contributed by atoms with van der Waals surface area (Å²) in [7, 11) is 0. The van der Waals surface area contributed by atoms with E-state index in [0.717, 1.165) is 4.90 Å². The zero-order chi connectivity index (χ0) is 27.1. The number of hydrogen-bond donors (Lipinski definition) is 2. The second kappa shape index (κ2) is 11.9. The van der Waals surface area contributed by atoms with Crippen LogP contribution in [0.15, 0.2) is 78.9 Å². The lowest BCUT2D eigenvalue weighted by molar-refractivity contribution is -0.121. The van der Waals surface area contributed by atoms with E-state index in [1.807, 2.05) is 6.92 Å². The van der Waals surface area contributed by atoms with Crippen molar-refractivity contribution in [2.45, 2.75) is 19.4 Å². The summed E-state index contributed by atoms with van der Waals surface area (Å²) >= 11 is 0. The van der Waals surface area contributed by atoms with Crippen molar-refractivity contribution in [1.29, 1.82) is 0 Å². The van der Waals surface area contributed by atoms with Crippen LogP contribution in [0.1, 0.15) is 44.4 Å². The largest absolute Gasteiger partial charge is 0.494 e. The van der Waals surface area contributed by atoms with Crippen molar-refractivity contribution in [1.82, 2.24) is 10.9 Å². The maximum Gasteiger partial charge on any atom is 0.338 e. The molecule has 38 heavy (non-hydrogen) atoms. The van der Waals surface area contributed by atoms with Gasteiger partial charge in [0.2, 0.25) is 5.91 Å². The summed E-state index contributed by atoms with van der Waals surface area (Å²) in [5, 5.41) is 0. The van der Waals surface area contributed by atoms with Crippen molar-refractivity contribution in [2.24, 2.45) is 0 Å². The van der Waals surface area contributed by atoms with E-state index in [-0.39, 0.29) is 23.5 Å². The highest BCUT2D eigenvalue weighted by molar-refractivity contribution is 6.22. The first-order valence-electron chi connectivity index (χ1n) is 11.9. The summed E-state index contributed by atoms with van der Waals surface area (Å²) in [5.41, 5.74) is 6.26. The highest BCUT2D eigenvalue weighted by Gasteiger charge is 2.39. The Hall–Kier alpha value is -4.83. The standard InChI is InChI=1S/C28H25N3O7/c1-2-37-22-14-10-18(11-15-22)24(32)17-38-28(36)20-8-12-21(13-9-20)31-25(33)16-23(27(31)35)29-30-26(34)19-6-4-3-5-7-19/h3-15,23,29H,2,16-17H2,1H3,(H,30,34). The first-order chi connectivity index (χ1) is 18.4. The number of hydrazine groups is 1. The molecule has 1 saturated heterocycles. The molecule has 10 nitrogen and oxygen atoms in total. The van der Waals surface area contributed by atoms with E-state index in [4.69, 9.17) is 9.47 Å². The van der Waals surface area contributed by atoms with Gasteiger partial charge in [-0.3, -0.25) is 24.6 Å². The smallest absolute Gasteiger partial charge is 0.338 e. The van der Waals surface area contributed by atoms with E-state index in [2.05, 4.69) is 10.9 Å². The normalized spacial score (nSPS) is 14.8. The summed E-state index contributed by atoms with van der Waals surface area (Å²) in [6.07, 6.45) is -0.147. The van der Waals surface area contributed by atoms with Gasteiger partial charge in [0.1, 0.15) is 11.8 Å². The molecule has 3 aromatic rings. The van der Waals surface area contributed by atoms with Crippen LogP contribution in [0.5, 0.6) is 5.75 Å². The fourth-order valence-corrected chi connectivity index (χ4v) is 3.78. The summed E-state index contributed by atoms with van der Waals surface area (Å²) in [6.45, 7) is 1.92. The Morgan fingerprint density at radius 1 is 0.868 bits per heavy atom. The van der Waals surface area contributed by atoms with Crippen molar-refractivity contribution >= 4 is 35.2 Å². The molecule has 0 bridgehead atoms. The van der Waals surface area contributed by atoms with Gasteiger partial charge >= 0.3 is 5.97 Å². The van der Waals surface area contributed by atoms with Crippen LogP contribution in [0.4, 0.5) is 5.69 Å². The SMILES string of the molecule is CCOc1ccc(C(=O)COC(=O)c2ccc(N3C(=O)CC(NNC(=O)c4ccccc4)C3=O)cc2)cc1. The van der Waals surface area contributed by atoms with Crippen LogP contribution >= 0.6 is 0 Å². The molecule has 1 unspecified atom stereocenters. The number of carbonyl (C=O) groups is 5. The number of hydrogen-bond acceptors (Lipinski definition) is 8. The highest BCUT2D eigenvalue weighted by Crippen LogP contribution is 2.23. The van der Waals surface area contributed by atoms with Crippen LogP contribution in [0.2, 0.25) is 0 Å². The van der Waals surface area contributed by atoms with E-state index >= 15 is 0 Å². The van der Waals surface area contributed by atoms with Gasteiger partial charge < -0.3 is 9.47 Å². The fourth-order valence-electron chi connectivity index (χ4n) is 3.78. The van der Waals surface area contributed by atoms with Crippen LogP contribution in [0.3, 0.4) is 0 Å². The lowest BCUT2D eigenvalue weighted by atomic mass is 10.1. The molecule has 10 heteroatoms. The minimum Gasteiger partial charge on any atom is -0.494 e. The number of carbonyl (C=O) groups excluding carboxylic acids is 5. The van der Waals surface area contributed by atoms with Gasteiger partial charge in [0.05, 0.1) is 24.3 Å². The molecular weight excluding hydrogens is 490 g/mol. The number of ether oxygens (including phenoxy) is 2. The Labute approximate surface area is 218 Å². The van der Waals surface area contributed by atoms with Crippen molar-refractivity contribution in [2.75, 3.05) is 18.1 Å². The number of rotatable bonds is 10. The quantitative estimate of drug-likeness (QED) is 0.182. The number of esters is 1. The summed E-state index contributed by atoms with van der Waals surface area (Å²) in [6, 6.07) is 19.7. The minimum absolute atomic E-state index is 0.147. The fraction of sp³-hybridized carbons (Fsp3) is 0.179. The first-order valence-corrected chi connectivity index (χ1v) is 11.9. The van der Waals surface area contributed by atoms with Crippen LogP contribution in [-0.2, 0) is 14.3 Å². The Bertz CT molecular complexity index is 1340. The number of imide groups is 1. The molecule has 0 spiro atoms. The van der Waals surface area contributed by atoms with E-state index < -0.39 is 36.3 Å². The molecule has 0 aromatic heterocycles. The number of benzene rings is 3. The van der Waals surface area contributed by atoms with E-state index in [9.17, 15) is 24.0 Å². The summed E-state index contributed by atoms with van der Waals surface area (Å²) < 4.78 is 10.5. The molecule has 0 aliphatic carbocycles. The molecule has 0 saturated carbocycles. The van der Waals surface area contributed by atoms with E-state index in [1.165, 1.54) is 24.3 Å². The molecule has 194 valence electrons. The monoisotopic (exact) mass is 515 g/mol. The molecule has 1 atom stereocenters. The number of nitrogens with zero attached hydrogens (tertiary/aromatic N) is 1. The summed E-state index contributed by atoms with van der Waals surface area (Å²) in [4.78, 5) is 63.2. The third-order valence-corrected chi connectivity index (χ3v) is 5.73. The Morgan fingerprint density at radius 2 is 1.53 bits per heavy atom. The highest BCUT2D eigenvalue weighted by atomic mass is 16.5.